The van der Waals surface area contributed by atoms with E-state index in [-0.39, 0.29) is 12.5 Å². The van der Waals surface area contributed by atoms with Crippen molar-refractivity contribution < 1.29 is 9.90 Å². The Morgan fingerprint density at radius 2 is 2.36 bits per heavy atom. The van der Waals surface area contributed by atoms with Gasteiger partial charge in [0.1, 0.15) is 6.10 Å². The van der Waals surface area contributed by atoms with Crippen LogP contribution in [-0.2, 0) is 4.79 Å². The van der Waals surface area contributed by atoms with Gasteiger partial charge in [-0.1, -0.05) is 6.07 Å². The van der Waals surface area contributed by atoms with E-state index in [1.54, 1.807) is 6.07 Å². The van der Waals surface area contributed by atoms with E-state index in [0.717, 1.165) is 5.69 Å². The van der Waals surface area contributed by atoms with E-state index in [9.17, 15) is 9.90 Å². The highest BCUT2D eigenvalue weighted by Gasteiger charge is 2.08. The Labute approximate surface area is 83.0 Å². The quantitative estimate of drug-likeness (QED) is 0.739. The minimum Gasteiger partial charge on any atom is -0.385 e. The summed E-state index contributed by atoms with van der Waals surface area (Å²) in [6.07, 6.45) is -0.737. The average Bonchev–Trinajstić information content (AvgIpc) is 2.14. The van der Waals surface area contributed by atoms with Gasteiger partial charge >= 0.3 is 0 Å². The van der Waals surface area contributed by atoms with Crippen molar-refractivity contribution >= 4 is 5.91 Å². The van der Waals surface area contributed by atoms with Crippen LogP contribution < -0.4 is 5.32 Å². The third kappa shape index (κ3) is 3.14. The lowest BCUT2D eigenvalue weighted by Gasteiger charge is -2.10. The van der Waals surface area contributed by atoms with Crippen LogP contribution in [0, 0.1) is 6.92 Å². The van der Waals surface area contributed by atoms with Gasteiger partial charge < -0.3 is 10.4 Å². The molecular weight excluding hydrogens is 180 g/mol. The standard InChI is InChI=1S/C10H14N2O2/c1-7-4-3-5-9(12-7)10(14)6-11-8(2)13/h3-5,10,14H,6H2,1-2H3,(H,11,13). The van der Waals surface area contributed by atoms with E-state index in [4.69, 9.17) is 0 Å². The van der Waals surface area contributed by atoms with E-state index >= 15 is 0 Å². The Kier molecular flexibility index (Phi) is 3.59. The Hall–Kier alpha value is -1.42. The van der Waals surface area contributed by atoms with Gasteiger partial charge in [-0.3, -0.25) is 9.78 Å². The van der Waals surface area contributed by atoms with Gasteiger partial charge in [-0.15, -0.1) is 0 Å². The predicted molar refractivity (Wildman–Crippen MR) is 52.6 cm³/mol. The number of hydrogen-bond donors (Lipinski definition) is 2. The zero-order chi connectivity index (χ0) is 10.6. The van der Waals surface area contributed by atoms with E-state index in [2.05, 4.69) is 10.3 Å². The van der Waals surface area contributed by atoms with Crippen LogP contribution in [0.1, 0.15) is 24.4 Å². The molecule has 14 heavy (non-hydrogen) atoms. The van der Waals surface area contributed by atoms with Crippen LogP contribution in [-0.4, -0.2) is 22.5 Å². The van der Waals surface area contributed by atoms with Crippen LogP contribution >= 0.6 is 0 Å². The monoisotopic (exact) mass is 194 g/mol. The maximum atomic E-state index is 10.6. The first-order chi connectivity index (χ1) is 6.59. The van der Waals surface area contributed by atoms with Crippen LogP contribution in [0.4, 0.5) is 0 Å². The molecule has 1 aromatic rings. The summed E-state index contributed by atoms with van der Waals surface area (Å²) >= 11 is 0. The van der Waals surface area contributed by atoms with E-state index < -0.39 is 6.10 Å². The second kappa shape index (κ2) is 4.72. The number of pyridine rings is 1. The normalized spacial score (nSPS) is 12.2. The fourth-order valence-corrected chi connectivity index (χ4v) is 1.09. The van der Waals surface area contributed by atoms with Crippen LogP contribution in [0.25, 0.3) is 0 Å². The zero-order valence-corrected chi connectivity index (χ0v) is 8.32. The van der Waals surface area contributed by atoms with Crippen molar-refractivity contribution in [3.05, 3.63) is 29.6 Å². The largest absolute Gasteiger partial charge is 0.385 e. The molecule has 0 bridgehead atoms. The molecule has 1 atom stereocenters. The van der Waals surface area contributed by atoms with Crippen LogP contribution in [0.5, 0.6) is 0 Å². The Morgan fingerprint density at radius 3 is 2.93 bits per heavy atom. The predicted octanol–water partition coefficient (Wildman–Crippen LogP) is 0.560. The Balaban J connectivity index is 2.60. The first kappa shape index (κ1) is 10.7. The third-order valence-corrected chi connectivity index (χ3v) is 1.80. The SMILES string of the molecule is CC(=O)NCC(O)c1cccc(C)n1. The van der Waals surface area contributed by atoms with Crippen molar-refractivity contribution in [2.75, 3.05) is 6.54 Å². The van der Waals surface area contributed by atoms with Gasteiger partial charge in [-0.05, 0) is 19.1 Å². The fraction of sp³-hybridized carbons (Fsp3) is 0.400. The summed E-state index contributed by atoms with van der Waals surface area (Å²) in [6, 6.07) is 5.42. The minimum atomic E-state index is -0.737. The van der Waals surface area contributed by atoms with Crippen molar-refractivity contribution in [1.29, 1.82) is 0 Å². The molecule has 0 fully saturated rings. The summed E-state index contributed by atoms with van der Waals surface area (Å²) in [4.78, 5) is 14.8. The molecule has 0 aliphatic heterocycles. The highest BCUT2D eigenvalue weighted by Crippen LogP contribution is 2.08. The highest BCUT2D eigenvalue weighted by atomic mass is 16.3. The molecule has 1 aromatic heterocycles. The van der Waals surface area contributed by atoms with Crippen molar-refractivity contribution in [2.45, 2.75) is 20.0 Å². The lowest BCUT2D eigenvalue weighted by Crippen LogP contribution is -2.26. The topological polar surface area (TPSA) is 62.2 Å². The molecule has 1 heterocycles. The number of aliphatic hydroxyl groups is 1. The lowest BCUT2D eigenvalue weighted by atomic mass is 10.2. The number of rotatable bonds is 3. The molecule has 0 saturated heterocycles. The first-order valence-electron chi connectivity index (χ1n) is 4.45. The number of hydrogen-bond acceptors (Lipinski definition) is 3. The van der Waals surface area contributed by atoms with Crippen molar-refractivity contribution in [3.8, 4) is 0 Å². The summed E-state index contributed by atoms with van der Waals surface area (Å²) in [6.45, 7) is 3.47. The number of carbonyl (C=O) groups is 1. The van der Waals surface area contributed by atoms with Gasteiger partial charge in [0.15, 0.2) is 0 Å². The molecule has 4 nitrogen and oxygen atoms in total. The Morgan fingerprint density at radius 1 is 1.64 bits per heavy atom. The molecule has 1 rings (SSSR count). The van der Waals surface area contributed by atoms with E-state index in [1.165, 1.54) is 6.92 Å². The molecule has 1 unspecified atom stereocenters. The second-order valence-corrected chi connectivity index (χ2v) is 3.16. The lowest BCUT2D eigenvalue weighted by molar-refractivity contribution is -0.119. The molecule has 0 radical (unpaired) electrons. The second-order valence-electron chi connectivity index (χ2n) is 3.16. The summed E-state index contributed by atoms with van der Waals surface area (Å²) in [5.41, 5.74) is 1.43. The summed E-state index contributed by atoms with van der Waals surface area (Å²) < 4.78 is 0. The summed E-state index contributed by atoms with van der Waals surface area (Å²) in [5.74, 6) is -0.156. The molecule has 0 aromatic carbocycles. The summed E-state index contributed by atoms with van der Waals surface area (Å²) in [7, 11) is 0. The van der Waals surface area contributed by atoms with Gasteiger partial charge in [0.2, 0.25) is 5.91 Å². The maximum absolute atomic E-state index is 10.6. The number of aliphatic hydroxyl groups excluding tert-OH is 1. The molecule has 76 valence electrons. The van der Waals surface area contributed by atoms with Gasteiger partial charge in [-0.2, -0.15) is 0 Å². The molecule has 0 spiro atoms. The number of nitrogens with one attached hydrogen (secondary N) is 1. The highest BCUT2D eigenvalue weighted by molar-refractivity contribution is 5.72. The minimum absolute atomic E-state index is 0.156. The number of amides is 1. The van der Waals surface area contributed by atoms with E-state index in [0.29, 0.717) is 5.69 Å². The van der Waals surface area contributed by atoms with Gasteiger partial charge in [0.05, 0.1) is 5.69 Å². The Bertz CT molecular complexity index is 326. The zero-order valence-electron chi connectivity index (χ0n) is 8.32. The third-order valence-electron chi connectivity index (χ3n) is 1.80. The molecule has 0 saturated carbocycles. The van der Waals surface area contributed by atoms with Crippen LogP contribution in [0.15, 0.2) is 18.2 Å². The maximum Gasteiger partial charge on any atom is 0.216 e. The smallest absolute Gasteiger partial charge is 0.216 e. The van der Waals surface area contributed by atoms with Crippen LogP contribution in [0.2, 0.25) is 0 Å². The van der Waals surface area contributed by atoms with Gasteiger partial charge in [0.25, 0.3) is 0 Å². The molecular formula is C10H14N2O2. The molecule has 4 heteroatoms. The molecule has 0 aliphatic carbocycles. The molecule has 2 N–H and O–H groups in total. The number of aryl methyl sites for hydroxylation is 1. The fourth-order valence-electron chi connectivity index (χ4n) is 1.09. The number of carbonyl (C=O) groups excluding carboxylic acids is 1. The van der Waals surface area contributed by atoms with Crippen molar-refractivity contribution in [2.24, 2.45) is 0 Å². The van der Waals surface area contributed by atoms with Crippen LogP contribution in [0.3, 0.4) is 0 Å². The number of nitrogens with zero attached hydrogens (tertiary/aromatic N) is 1. The van der Waals surface area contributed by atoms with Gasteiger partial charge in [0, 0.05) is 19.2 Å². The molecule has 1 amide bonds. The molecule has 0 aliphatic rings. The van der Waals surface area contributed by atoms with Crippen molar-refractivity contribution in [1.82, 2.24) is 10.3 Å². The average molecular weight is 194 g/mol. The van der Waals surface area contributed by atoms with Gasteiger partial charge in [-0.25, -0.2) is 0 Å². The first-order valence-corrected chi connectivity index (χ1v) is 4.45. The van der Waals surface area contributed by atoms with Crippen molar-refractivity contribution in [3.63, 3.8) is 0 Å². The van der Waals surface area contributed by atoms with E-state index in [1.807, 2.05) is 19.1 Å². The number of aromatic nitrogens is 1. The summed E-state index contributed by atoms with van der Waals surface area (Å²) in [5, 5.41) is 12.2.